The summed E-state index contributed by atoms with van der Waals surface area (Å²) in [5, 5.41) is 0. The molecule has 0 amide bonds. The lowest BCUT2D eigenvalue weighted by molar-refractivity contribution is 0.724. The van der Waals surface area contributed by atoms with Crippen molar-refractivity contribution in [3.05, 3.63) is 142 Å². The van der Waals surface area contributed by atoms with Crippen LogP contribution in [-0.4, -0.2) is 13.4 Å². The van der Waals surface area contributed by atoms with Crippen molar-refractivity contribution in [2.24, 2.45) is 0 Å². The molecule has 3 heterocycles. The van der Waals surface area contributed by atoms with Crippen LogP contribution < -0.4 is 42.6 Å². The van der Waals surface area contributed by atoms with E-state index in [-0.39, 0.29) is 13.4 Å². The fraction of sp³-hybridized carbons (Fsp3) is 0.308. The van der Waals surface area contributed by atoms with E-state index in [4.69, 9.17) is 0 Å². The van der Waals surface area contributed by atoms with Crippen molar-refractivity contribution >= 4 is 80.3 Å². The van der Waals surface area contributed by atoms with E-state index in [1.165, 1.54) is 163 Å². The summed E-state index contributed by atoms with van der Waals surface area (Å²) >= 11 is 0. The number of anilines is 6. The zero-order valence-corrected chi connectivity index (χ0v) is 34.1. The van der Waals surface area contributed by atoms with Crippen LogP contribution in [0.3, 0.4) is 0 Å². The molecule has 3 aliphatic heterocycles. The van der Waals surface area contributed by atoms with Crippen LogP contribution in [0.25, 0.3) is 0 Å². The van der Waals surface area contributed by atoms with Crippen molar-refractivity contribution in [2.45, 2.75) is 105 Å². The lowest BCUT2D eigenvalue weighted by Crippen LogP contribution is -2.62. The Kier molecular flexibility index (Phi) is 7.83. The van der Waals surface area contributed by atoms with E-state index in [2.05, 4.69) is 148 Å². The van der Waals surface area contributed by atoms with Gasteiger partial charge in [-0.15, -0.1) is 0 Å². The summed E-state index contributed by atoms with van der Waals surface area (Å²) in [7, 11) is 0. The van der Waals surface area contributed by atoms with Crippen molar-refractivity contribution in [2.75, 3.05) is 9.80 Å². The Morgan fingerprint density at radius 2 is 0.786 bits per heavy atom. The van der Waals surface area contributed by atoms with Crippen LogP contribution in [0.5, 0.6) is 0 Å². The van der Waals surface area contributed by atoms with Gasteiger partial charge in [0.15, 0.2) is 0 Å². The van der Waals surface area contributed by atoms with Crippen LogP contribution in [0.15, 0.2) is 97.1 Å². The summed E-state index contributed by atoms with van der Waals surface area (Å²) in [5.41, 5.74) is 28.0. The summed E-state index contributed by atoms with van der Waals surface area (Å²) in [5.74, 6) is 1.31. The smallest absolute Gasteiger partial charge is 0.247 e. The molecular formula is C52H52B2N2. The van der Waals surface area contributed by atoms with Gasteiger partial charge < -0.3 is 9.80 Å². The van der Waals surface area contributed by atoms with Gasteiger partial charge in [0.2, 0.25) is 13.4 Å². The Bertz CT molecular complexity index is 2380. The topological polar surface area (TPSA) is 6.48 Å². The monoisotopic (exact) mass is 726 g/mol. The minimum atomic E-state index is 0.155. The zero-order chi connectivity index (χ0) is 38.0. The SMILES string of the molecule is Cc1cc(C)c(B2c3cc(C4CCCC4)ccc3N3c4cccc5c4N(c4ccc(C6CCCC6)cc4B5c4c(C)cc(C)cc4C)c4cccc2c43)c(C)c1. The molecule has 4 heteroatoms. The zero-order valence-electron chi connectivity index (χ0n) is 34.1. The molecule has 0 atom stereocenters. The lowest BCUT2D eigenvalue weighted by Gasteiger charge is -2.49. The van der Waals surface area contributed by atoms with Gasteiger partial charge in [0, 0.05) is 11.4 Å². The molecule has 56 heavy (non-hydrogen) atoms. The number of hydrogen-bond donors (Lipinski definition) is 0. The van der Waals surface area contributed by atoms with Gasteiger partial charge in [-0.25, -0.2) is 0 Å². The molecule has 0 radical (unpaired) electrons. The number of rotatable bonds is 4. The average molecular weight is 727 g/mol. The Balaban J connectivity index is 1.21. The molecule has 2 fully saturated rings. The van der Waals surface area contributed by atoms with Gasteiger partial charge in [0.1, 0.15) is 0 Å². The summed E-state index contributed by atoms with van der Waals surface area (Å²) in [4.78, 5) is 5.35. The predicted molar refractivity (Wildman–Crippen MR) is 242 cm³/mol. The summed E-state index contributed by atoms with van der Waals surface area (Å²) in [6, 6.07) is 39.3. The van der Waals surface area contributed by atoms with Crippen LogP contribution in [0.1, 0.15) is 108 Å². The van der Waals surface area contributed by atoms with Gasteiger partial charge in [-0.05, 0) is 136 Å². The van der Waals surface area contributed by atoms with Gasteiger partial charge >= 0.3 is 0 Å². The van der Waals surface area contributed by atoms with Crippen LogP contribution in [0.4, 0.5) is 34.1 Å². The molecule has 0 spiro atoms. The van der Waals surface area contributed by atoms with Gasteiger partial charge in [-0.2, -0.15) is 0 Å². The highest BCUT2D eigenvalue weighted by Gasteiger charge is 2.47. The number of hydrogen-bond acceptors (Lipinski definition) is 2. The summed E-state index contributed by atoms with van der Waals surface area (Å²) in [6.45, 7) is 14.2. The molecule has 11 rings (SSSR count). The van der Waals surface area contributed by atoms with Gasteiger partial charge in [-0.3, -0.25) is 0 Å². The van der Waals surface area contributed by atoms with Gasteiger partial charge in [0.05, 0.1) is 22.7 Å². The molecule has 2 aliphatic carbocycles. The van der Waals surface area contributed by atoms with E-state index in [1.807, 2.05) is 0 Å². The number of fused-ring (bicyclic) bond motifs is 6. The van der Waals surface area contributed by atoms with Crippen molar-refractivity contribution in [1.82, 2.24) is 0 Å². The molecule has 2 saturated carbocycles. The number of benzene rings is 6. The van der Waals surface area contributed by atoms with E-state index in [9.17, 15) is 0 Å². The highest BCUT2D eigenvalue weighted by Crippen LogP contribution is 2.55. The molecule has 0 N–H and O–H groups in total. The molecule has 0 bridgehead atoms. The molecule has 6 aromatic carbocycles. The van der Waals surface area contributed by atoms with Crippen molar-refractivity contribution in [3.8, 4) is 0 Å². The largest absolute Gasteiger partial charge is 0.307 e. The maximum Gasteiger partial charge on any atom is 0.247 e. The van der Waals surface area contributed by atoms with Crippen molar-refractivity contribution in [1.29, 1.82) is 0 Å². The van der Waals surface area contributed by atoms with E-state index >= 15 is 0 Å². The standard InChI is InChI=1S/C52H52B2N2/c1-31-25-33(3)49(34(4)26-31)53-41-17-11-19-47-51(41)55(45-23-21-39(29-43(45)53)37-13-7-8-14-37)48-20-12-18-42-52(48)56(47)46-24-22-40(38-15-9-10-16-38)30-44(46)54(42)50-35(5)27-32(2)28-36(50)6/h11-12,17-30,37-38H,7-10,13-16H2,1-6H3. The Hall–Kier alpha value is -4.95. The first-order valence-corrected chi connectivity index (χ1v) is 21.6. The Labute approximate surface area is 335 Å². The molecule has 0 unspecified atom stereocenters. The third-order valence-electron chi connectivity index (χ3n) is 14.6. The number of aryl methyl sites for hydroxylation is 6. The maximum absolute atomic E-state index is 2.67. The first-order valence-electron chi connectivity index (χ1n) is 21.6. The second kappa shape index (κ2) is 12.8. The van der Waals surface area contributed by atoms with E-state index in [0.717, 1.165) is 0 Å². The van der Waals surface area contributed by atoms with Crippen molar-refractivity contribution < 1.29 is 0 Å². The second-order valence-corrected chi connectivity index (χ2v) is 18.2. The predicted octanol–water partition coefficient (Wildman–Crippen LogP) is 9.76. The molecule has 0 saturated heterocycles. The fourth-order valence-corrected chi connectivity index (χ4v) is 12.4. The second-order valence-electron chi connectivity index (χ2n) is 18.2. The minimum Gasteiger partial charge on any atom is -0.307 e. The Morgan fingerprint density at radius 1 is 0.411 bits per heavy atom. The van der Waals surface area contributed by atoms with E-state index in [1.54, 1.807) is 0 Å². The lowest BCUT2D eigenvalue weighted by atomic mass is 9.33. The van der Waals surface area contributed by atoms with Gasteiger partial charge in [0.25, 0.3) is 0 Å². The number of nitrogens with zero attached hydrogens (tertiary/aromatic N) is 2. The first kappa shape index (κ1) is 34.3. The van der Waals surface area contributed by atoms with E-state index < -0.39 is 0 Å². The molecule has 2 nitrogen and oxygen atoms in total. The Morgan fingerprint density at radius 3 is 1.16 bits per heavy atom. The van der Waals surface area contributed by atoms with Crippen LogP contribution in [-0.2, 0) is 0 Å². The van der Waals surface area contributed by atoms with Crippen LogP contribution in [0, 0.1) is 41.5 Å². The fourth-order valence-electron chi connectivity index (χ4n) is 12.4. The quantitative estimate of drug-likeness (QED) is 0.167. The highest BCUT2D eigenvalue weighted by molar-refractivity contribution is 7.00. The third-order valence-corrected chi connectivity index (χ3v) is 14.6. The average Bonchev–Trinajstić information content (AvgIpc) is 3.93. The molecule has 6 aromatic rings. The van der Waals surface area contributed by atoms with E-state index in [0.29, 0.717) is 11.8 Å². The molecular weight excluding hydrogens is 674 g/mol. The normalized spacial score (nSPS) is 17.0. The highest BCUT2D eigenvalue weighted by atomic mass is 15.3. The maximum atomic E-state index is 2.67. The minimum absolute atomic E-state index is 0.155. The molecule has 0 aromatic heterocycles. The first-order chi connectivity index (χ1) is 27.3. The number of para-hydroxylation sites is 2. The van der Waals surface area contributed by atoms with Gasteiger partial charge in [-0.1, -0.05) is 143 Å². The molecule has 276 valence electrons. The third kappa shape index (κ3) is 4.96. The van der Waals surface area contributed by atoms with Crippen LogP contribution in [0.2, 0.25) is 0 Å². The molecule has 5 aliphatic rings. The van der Waals surface area contributed by atoms with Crippen LogP contribution >= 0.6 is 0 Å². The summed E-state index contributed by atoms with van der Waals surface area (Å²) < 4.78 is 0. The summed E-state index contributed by atoms with van der Waals surface area (Å²) in [6.07, 6.45) is 10.6. The van der Waals surface area contributed by atoms with Crippen molar-refractivity contribution in [3.63, 3.8) is 0 Å².